The molecule has 2 N–H and O–H groups in total. The maximum absolute atomic E-state index is 5.74. The monoisotopic (exact) mass is 268 g/mol. The summed E-state index contributed by atoms with van der Waals surface area (Å²) in [4.78, 5) is 2.40. The topological polar surface area (TPSA) is 29.3 Å². The van der Waals surface area contributed by atoms with Gasteiger partial charge in [0.05, 0.1) is 0 Å². The van der Waals surface area contributed by atoms with E-state index in [1.807, 2.05) is 0 Å². The molecule has 1 heterocycles. The third-order valence-electron chi connectivity index (χ3n) is 3.23. The van der Waals surface area contributed by atoms with Crippen LogP contribution in [0.15, 0.2) is 28.7 Å². The third kappa shape index (κ3) is 2.25. The van der Waals surface area contributed by atoms with Gasteiger partial charge in [-0.25, -0.2) is 0 Å². The molecule has 1 aromatic rings. The van der Waals surface area contributed by atoms with Crippen molar-refractivity contribution in [2.24, 2.45) is 11.7 Å². The average molecular weight is 269 g/mol. The molecular weight excluding hydrogens is 252 g/mol. The number of hydrogen-bond acceptors (Lipinski definition) is 2. The van der Waals surface area contributed by atoms with Crippen LogP contribution in [0.2, 0.25) is 0 Å². The van der Waals surface area contributed by atoms with Gasteiger partial charge in [-0.1, -0.05) is 34.1 Å². The Kier molecular flexibility index (Phi) is 3.44. The fourth-order valence-corrected chi connectivity index (χ4v) is 2.93. The number of likely N-dealkylation sites (tertiary alicyclic amines) is 1. The second-order valence-electron chi connectivity index (χ2n) is 4.31. The first-order valence-electron chi connectivity index (χ1n) is 5.37. The van der Waals surface area contributed by atoms with Crippen LogP contribution in [0.3, 0.4) is 0 Å². The molecule has 2 nitrogen and oxygen atoms in total. The van der Waals surface area contributed by atoms with E-state index in [4.69, 9.17) is 5.73 Å². The van der Waals surface area contributed by atoms with Crippen molar-refractivity contribution >= 4 is 15.9 Å². The lowest BCUT2D eigenvalue weighted by molar-refractivity contribution is 0.313. The number of halogens is 1. The minimum atomic E-state index is 0.522. The van der Waals surface area contributed by atoms with Crippen molar-refractivity contribution < 1.29 is 0 Å². The molecule has 15 heavy (non-hydrogen) atoms. The van der Waals surface area contributed by atoms with Crippen LogP contribution in [0, 0.1) is 5.92 Å². The van der Waals surface area contributed by atoms with E-state index in [0.29, 0.717) is 12.0 Å². The van der Waals surface area contributed by atoms with Crippen molar-refractivity contribution in [1.82, 2.24) is 4.90 Å². The molecule has 0 bridgehead atoms. The van der Waals surface area contributed by atoms with E-state index < -0.39 is 0 Å². The van der Waals surface area contributed by atoms with E-state index in [1.165, 1.54) is 16.5 Å². The normalized spacial score (nSPS) is 27.1. The number of hydrogen-bond donors (Lipinski definition) is 1. The SMILES string of the molecule is CN1CC(CN)CC1c1ccccc1Br. The fourth-order valence-electron chi connectivity index (χ4n) is 2.39. The molecule has 2 atom stereocenters. The highest BCUT2D eigenvalue weighted by atomic mass is 79.9. The van der Waals surface area contributed by atoms with E-state index >= 15 is 0 Å². The Morgan fingerprint density at radius 3 is 2.80 bits per heavy atom. The summed E-state index contributed by atoms with van der Waals surface area (Å²) >= 11 is 3.62. The molecule has 0 saturated carbocycles. The number of nitrogens with zero attached hydrogens (tertiary/aromatic N) is 1. The van der Waals surface area contributed by atoms with Crippen LogP contribution in [0.5, 0.6) is 0 Å². The molecule has 2 rings (SSSR count). The summed E-state index contributed by atoms with van der Waals surface area (Å²) in [6, 6.07) is 8.99. The summed E-state index contributed by atoms with van der Waals surface area (Å²) in [5.74, 6) is 0.645. The van der Waals surface area contributed by atoms with Crippen LogP contribution in [-0.2, 0) is 0 Å². The van der Waals surface area contributed by atoms with Crippen molar-refractivity contribution in [2.45, 2.75) is 12.5 Å². The van der Waals surface area contributed by atoms with Crippen LogP contribution < -0.4 is 5.73 Å². The molecule has 82 valence electrons. The molecule has 1 aliphatic rings. The van der Waals surface area contributed by atoms with E-state index in [1.54, 1.807) is 0 Å². The molecule has 0 radical (unpaired) electrons. The van der Waals surface area contributed by atoms with Gasteiger partial charge in [0.15, 0.2) is 0 Å². The molecule has 0 spiro atoms. The van der Waals surface area contributed by atoms with E-state index in [-0.39, 0.29) is 0 Å². The van der Waals surface area contributed by atoms with Gasteiger partial charge < -0.3 is 5.73 Å². The number of nitrogens with two attached hydrogens (primary N) is 1. The van der Waals surface area contributed by atoms with Gasteiger partial charge in [0.25, 0.3) is 0 Å². The van der Waals surface area contributed by atoms with Gasteiger partial charge in [-0.2, -0.15) is 0 Å². The molecule has 1 aromatic carbocycles. The molecule has 0 aliphatic carbocycles. The summed E-state index contributed by atoms with van der Waals surface area (Å²) in [7, 11) is 2.18. The zero-order chi connectivity index (χ0) is 10.8. The number of rotatable bonds is 2. The first-order valence-corrected chi connectivity index (χ1v) is 6.16. The smallest absolute Gasteiger partial charge is 0.0359 e. The second kappa shape index (κ2) is 4.64. The number of benzene rings is 1. The zero-order valence-electron chi connectivity index (χ0n) is 8.99. The average Bonchev–Trinajstić information content (AvgIpc) is 2.60. The predicted octanol–water partition coefficient (Wildman–Crippen LogP) is 2.40. The van der Waals surface area contributed by atoms with Crippen molar-refractivity contribution in [3.63, 3.8) is 0 Å². The van der Waals surface area contributed by atoms with Gasteiger partial charge in [0.1, 0.15) is 0 Å². The van der Waals surface area contributed by atoms with Gasteiger partial charge >= 0.3 is 0 Å². The predicted molar refractivity (Wildman–Crippen MR) is 66.7 cm³/mol. The lowest BCUT2D eigenvalue weighted by Crippen LogP contribution is -2.20. The third-order valence-corrected chi connectivity index (χ3v) is 3.95. The molecule has 2 unspecified atom stereocenters. The van der Waals surface area contributed by atoms with Gasteiger partial charge in [-0.15, -0.1) is 0 Å². The van der Waals surface area contributed by atoms with Crippen LogP contribution >= 0.6 is 15.9 Å². The molecular formula is C12H17BrN2. The second-order valence-corrected chi connectivity index (χ2v) is 5.17. The maximum atomic E-state index is 5.74. The molecule has 1 aliphatic heterocycles. The van der Waals surface area contributed by atoms with Crippen molar-refractivity contribution in [2.75, 3.05) is 20.1 Å². The fraction of sp³-hybridized carbons (Fsp3) is 0.500. The zero-order valence-corrected chi connectivity index (χ0v) is 10.6. The summed E-state index contributed by atoms with van der Waals surface area (Å²) < 4.78 is 1.21. The summed E-state index contributed by atoms with van der Waals surface area (Å²) in [6.07, 6.45) is 1.18. The Morgan fingerprint density at radius 1 is 1.47 bits per heavy atom. The highest BCUT2D eigenvalue weighted by molar-refractivity contribution is 9.10. The Balaban J connectivity index is 2.21. The van der Waals surface area contributed by atoms with E-state index in [2.05, 4.69) is 52.1 Å². The largest absolute Gasteiger partial charge is 0.330 e. The van der Waals surface area contributed by atoms with Gasteiger partial charge in [0.2, 0.25) is 0 Å². The van der Waals surface area contributed by atoms with Gasteiger partial charge in [0, 0.05) is 17.1 Å². The Bertz CT molecular complexity index is 340. The minimum absolute atomic E-state index is 0.522. The van der Waals surface area contributed by atoms with Crippen molar-refractivity contribution in [3.05, 3.63) is 34.3 Å². The van der Waals surface area contributed by atoms with Crippen LogP contribution in [0.1, 0.15) is 18.0 Å². The maximum Gasteiger partial charge on any atom is 0.0359 e. The van der Waals surface area contributed by atoms with E-state index in [0.717, 1.165) is 13.1 Å². The summed E-state index contributed by atoms with van der Waals surface area (Å²) in [6.45, 7) is 1.91. The van der Waals surface area contributed by atoms with Crippen LogP contribution in [0.4, 0.5) is 0 Å². The lowest BCUT2D eigenvalue weighted by Gasteiger charge is -2.20. The standard InChI is InChI=1S/C12H17BrN2/c1-15-8-9(7-14)6-12(15)10-4-2-3-5-11(10)13/h2-5,9,12H,6-8,14H2,1H3. The van der Waals surface area contributed by atoms with Gasteiger partial charge in [-0.3, -0.25) is 4.90 Å². The Labute approximate surface area is 99.6 Å². The summed E-state index contributed by atoms with van der Waals surface area (Å²) in [5, 5.41) is 0. The highest BCUT2D eigenvalue weighted by Gasteiger charge is 2.30. The summed E-state index contributed by atoms with van der Waals surface area (Å²) in [5.41, 5.74) is 7.12. The highest BCUT2D eigenvalue weighted by Crippen LogP contribution is 2.36. The van der Waals surface area contributed by atoms with Crippen molar-refractivity contribution in [1.29, 1.82) is 0 Å². The van der Waals surface area contributed by atoms with Crippen molar-refractivity contribution in [3.8, 4) is 0 Å². The first kappa shape index (κ1) is 11.1. The molecule has 0 amide bonds. The molecule has 3 heteroatoms. The van der Waals surface area contributed by atoms with Crippen LogP contribution in [-0.4, -0.2) is 25.0 Å². The molecule has 0 aromatic heterocycles. The molecule has 1 fully saturated rings. The lowest BCUT2D eigenvalue weighted by atomic mass is 10.00. The minimum Gasteiger partial charge on any atom is -0.330 e. The quantitative estimate of drug-likeness (QED) is 0.893. The van der Waals surface area contributed by atoms with Crippen LogP contribution in [0.25, 0.3) is 0 Å². The Hall–Kier alpha value is -0.380. The first-order chi connectivity index (χ1) is 7.22. The molecule has 1 saturated heterocycles. The Morgan fingerprint density at radius 2 is 2.20 bits per heavy atom. The van der Waals surface area contributed by atoms with E-state index in [9.17, 15) is 0 Å². The van der Waals surface area contributed by atoms with Gasteiger partial charge in [-0.05, 0) is 37.6 Å².